The summed E-state index contributed by atoms with van der Waals surface area (Å²) in [5.74, 6) is 0. The number of aryl methyl sites for hydroxylation is 1. The molecule has 0 saturated heterocycles. The van der Waals surface area contributed by atoms with Gasteiger partial charge in [0.15, 0.2) is 0 Å². The minimum absolute atomic E-state index is 0.0148. The van der Waals surface area contributed by atoms with Gasteiger partial charge in [-0.05, 0) is 24.6 Å². The molecule has 1 heterocycles. The van der Waals surface area contributed by atoms with E-state index in [9.17, 15) is 4.79 Å². The van der Waals surface area contributed by atoms with Crippen LogP contribution in [0.15, 0.2) is 23.0 Å². The van der Waals surface area contributed by atoms with Gasteiger partial charge in [-0.15, -0.1) is 0 Å². The third-order valence-electron chi connectivity index (χ3n) is 2.45. The van der Waals surface area contributed by atoms with Gasteiger partial charge in [0.05, 0.1) is 10.9 Å². The summed E-state index contributed by atoms with van der Waals surface area (Å²) in [6.45, 7) is 2.84. The molecule has 0 spiro atoms. The lowest BCUT2D eigenvalue weighted by atomic mass is 10.2. The third kappa shape index (κ3) is 1.92. The highest BCUT2D eigenvalue weighted by Crippen LogP contribution is 2.14. The van der Waals surface area contributed by atoms with Crippen molar-refractivity contribution in [3.05, 3.63) is 33.6 Å². The topological polar surface area (TPSA) is 37.8 Å². The van der Waals surface area contributed by atoms with Crippen LogP contribution in [0.3, 0.4) is 0 Å². The number of H-pyrrole nitrogens is 1. The zero-order valence-electron chi connectivity index (χ0n) is 8.59. The number of nitrogens with one attached hydrogen (secondary N) is 1. The highest BCUT2D eigenvalue weighted by Gasteiger charge is 2.05. The Balaban J connectivity index is 2.50. The second-order valence-corrected chi connectivity index (χ2v) is 4.05. The second-order valence-electron chi connectivity index (χ2n) is 3.61. The molecule has 0 amide bonds. The maximum absolute atomic E-state index is 11.9. The molecule has 80 valence electrons. The van der Waals surface area contributed by atoms with Crippen LogP contribution in [0.4, 0.5) is 0 Å². The number of fused-ring (bicyclic) bond motifs is 1. The van der Waals surface area contributed by atoms with Crippen molar-refractivity contribution in [3.8, 4) is 0 Å². The number of aromatic amines is 1. The monoisotopic (exact) mass is 224 g/mol. The highest BCUT2D eigenvalue weighted by atomic mass is 35.5. The van der Waals surface area contributed by atoms with E-state index in [2.05, 4.69) is 12.0 Å². The molecule has 0 aliphatic rings. The van der Waals surface area contributed by atoms with E-state index in [1.807, 2.05) is 6.07 Å². The Hall–Kier alpha value is -1.22. The largest absolute Gasteiger partial charge is 0.295 e. The van der Waals surface area contributed by atoms with Gasteiger partial charge in [-0.1, -0.05) is 24.9 Å². The maximum Gasteiger partial charge on any atom is 0.274 e. The first kappa shape index (κ1) is 10.3. The molecule has 4 heteroatoms. The summed E-state index contributed by atoms with van der Waals surface area (Å²) in [5.41, 5.74) is 0.862. The van der Waals surface area contributed by atoms with Crippen molar-refractivity contribution in [1.29, 1.82) is 0 Å². The molecule has 2 rings (SSSR count). The van der Waals surface area contributed by atoms with E-state index in [1.54, 1.807) is 16.8 Å². The zero-order valence-corrected chi connectivity index (χ0v) is 9.34. The molecule has 15 heavy (non-hydrogen) atoms. The Morgan fingerprint density at radius 1 is 1.47 bits per heavy atom. The van der Waals surface area contributed by atoms with Crippen molar-refractivity contribution in [2.45, 2.75) is 26.3 Å². The van der Waals surface area contributed by atoms with Crippen molar-refractivity contribution >= 4 is 22.5 Å². The number of nitrogens with zero attached hydrogens (tertiary/aromatic N) is 1. The quantitative estimate of drug-likeness (QED) is 0.856. The van der Waals surface area contributed by atoms with Crippen molar-refractivity contribution in [1.82, 2.24) is 9.78 Å². The van der Waals surface area contributed by atoms with Crippen LogP contribution in [0, 0.1) is 0 Å². The molecule has 0 radical (unpaired) electrons. The van der Waals surface area contributed by atoms with E-state index in [0.717, 1.165) is 24.9 Å². The number of halogens is 1. The van der Waals surface area contributed by atoms with E-state index in [-0.39, 0.29) is 5.56 Å². The Kier molecular flexibility index (Phi) is 2.82. The third-order valence-corrected chi connectivity index (χ3v) is 2.68. The van der Waals surface area contributed by atoms with Crippen LogP contribution in [0.25, 0.3) is 10.9 Å². The van der Waals surface area contributed by atoms with Crippen LogP contribution in [-0.2, 0) is 6.54 Å². The van der Waals surface area contributed by atoms with Crippen LogP contribution in [-0.4, -0.2) is 9.78 Å². The summed E-state index contributed by atoms with van der Waals surface area (Å²) in [6, 6.07) is 5.32. The van der Waals surface area contributed by atoms with Gasteiger partial charge in [-0.2, -0.15) is 0 Å². The Labute approximate surface area is 92.6 Å². The molecular formula is C11H13ClN2O. The summed E-state index contributed by atoms with van der Waals surface area (Å²) in [5, 5.41) is 4.34. The zero-order chi connectivity index (χ0) is 10.8. The molecule has 0 aliphatic heterocycles. The molecule has 1 aromatic heterocycles. The summed E-state index contributed by atoms with van der Waals surface area (Å²) in [4.78, 5) is 11.9. The van der Waals surface area contributed by atoms with Crippen LogP contribution < -0.4 is 5.56 Å². The number of hydrogen-bond acceptors (Lipinski definition) is 1. The van der Waals surface area contributed by atoms with E-state index in [0.29, 0.717) is 10.4 Å². The summed E-state index contributed by atoms with van der Waals surface area (Å²) >= 11 is 5.84. The molecule has 2 aromatic rings. The van der Waals surface area contributed by atoms with Crippen LogP contribution in [0.2, 0.25) is 5.02 Å². The molecule has 0 atom stereocenters. The molecule has 3 nitrogen and oxygen atoms in total. The molecular weight excluding hydrogens is 212 g/mol. The summed E-state index contributed by atoms with van der Waals surface area (Å²) < 4.78 is 1.64. The first-order valence-electron chi connectivity index (χ1n) is 5.10. The van der Waals surface area contributed by atoms with Crippen molar-refractivity contribution < 1.29 is 0 Å². The van der Waals surface area contributed by atoms with Crippen LogP contribution in [0.1, 0.15) is 19.8 Å². The van der Waals surface area contributed by atoms with E-state index < -0.39 is 0 Å². The molecule has 1 N–H and O–H groups in total. The maximum atomic E-state index is 11.9. The molecule has 0 bridgehead atoms. The van der Waals surface area contributed by atoms with Gasteiger partial charge >= 0.3 is 0 Å². The Morgan fingerprint density at radius 3 is 3.00 bits per heavy atom. The average molecular weight is 225 g/mol. The van der Waals surface area contributed by atoms with E-state index in [1.165, 1.54) is 0 Å². The minimum atomic E-state index is 0.0148. The molecule has 0 saturated carbocycles. The fourth-order valence-corrected chi connectivity index (χ4v) is 1.78. The van der Waals surface area contributed by atoms with Gasteiger partial charge in [0.25, 0.3) is 5.56 Å². The number of benzene rings is 1. The van der Waals surface area contributed by atoms with Gasteiger partial charge in [0, 0.05) is 11.6 Å². The predicted molar refractivity (Wildman–Crippen MR) is 62.5 cm³/mol. The van der Waals surface area contributed by atoms with Gasteiger partial charge in [-0.3, -0.25) is 14.6 Å². The standard InChI is InChI=1S/C11H13ClN2O/c1-2-3-6-14-11(15)9-7-8(12)4-5-10(9)13-14/h4-5,7,13H,2-3,6H2,1H3. The fourth-order valence-electron chi connectivity index (χ4n) is 1.61. The van der Waals surface area contributed by atoms with Crippen molar-refractivity contribution in [3.63, 3.8) is 0 Å². The summed E-state index contributed by atoms with van der Waals surface area (Å²) in [7, 11) is 0. The minimum Gasteiger partial charge on any atom is -0.295 e. The lowest BCUT2D eigenvalue weighted by Gasteiger charge is -1.97. The summed E-state index contributed by atoms with van der Waals surface area (Å²) in [6.07, 6.45) is 2.07. The number of rotatable bonds is 3. The van der Waals surface area contributed by atoms with Gasteiger partial charge in [0.2, 0.25) is 0 Å². The number of hydrogen-bond donors (Lipinski definition) is 1. The second kappa shape index (κ2) is 4.11. The van der Waals surface area contributed by atoms with Gasteiger partial charge < -0.3 is 0 Å². The van der Waals surface area contributed by atoms with E-state index in [4.69, 9.17) is 11.6 Å². The normalized spacial score (nSPS) is 11.1. The molecule has 1 aromatic carbocycles. The lowest BCUT2D eigenvalue weighted by Crippen LogP contribution is -2.16. The first-order valence-corrected chi connectivity index (χ1v) is 5.48. The Morgan fingerprint density at radius 2 is 2.27 bits per heavy atom. The highest BCUT2D eigenvalue weighted by molar-refractivity contribution is 6.31. The van der Waals surface area contributed by atoms with Crippen LogP contribution >= 0.6 is 11.6 Å². The molecule has 0 unspecified atom stereocenters. The van der Waals surface area contributed by atoms with Gasteiger partial charge in [0.1, 0.15) is 0 Å². The molecule has 0 fully saturated rings. The predicted octanol–water partition coefficient (Wildman–Crippen LogP) is 2.78. The number of aromatic nitrogens is 2. The SMILES string of the molecule is CCCCn1[nH]c2ccc(Cl)cc2c1=O. The van der Waals surface area contributed by atoms with Crippen LogP contribution in [0.5, 0.6) is 0 Å². The van der Waals surface area contributed by atoms with Crippen molar-refractivity contribution in [2.75, 3.05) is 0 Å². The molecule has 0 aliphatic carbocycles. The lowest BCUT2D eigenvalue weighted by molar-refractivity contribution is 0.562. The van der Waals surface area contributed by atoms with E-state index >= 15 is 0 Å². The average Bonchev–Trinajstić information content (AvgIpc) is 2.53. The Bertz CT molecular complexity index is 527. The number of unbranched alkanes of at least 4 members (excludes halogenated alkanes) is 1. The smallest absolute Gasteiger partial charge is 0.274 e. The first-order chi connectivity index (χ1) is 7.22. The van der Waals surface area contributed by atoms with Gasteiger partial charge in [-0.25, -0.2) is 0 Å². The van der Waals surface area contributed by atoms with Crippen molar-refractivity contribution in [2.24, 2.45) is 0 Å². The fraction of sp³-hybridized carbons (Fsp3) is 0.364.